The minimum absolute atomic E-state index is 0.0158. The van der Waals surface area contributed by atoms with Crippen LogP contribution in [0.2, 0.25) is 10.0 Å². The molecule has 1 saturated heterocycles. The molecule has 1 aliphatic heterocycles. The molecule has 2 atom stereocenters. The average Bonchev–Trinajstić information content (AvgIpc) is 3.53. The van der Waals surface area contributed by atoms with Crippen molar-refractivity contribution in [3.63, 3.8) is 0 Å². The first-order valence-corrected chi connectivity index (χ1v) is 11.9. The highest BCUT2D eigenvalue weighted by Crippen LogP contribution is 2.27. The Labute approximate surface area is 210 Å². The molecule has 3 aromatic heterocycles. The summed E-state index contributed by atoms with van der Waals surface area (Å²) < 4.78 is 13.9. The maximum Gasteiger partial charge on any atom is 0.286 e. The highest BCUT2D eigenvalue weighted by molar-refractivity contribution is 6.33. The van der Waals surface area contributed by atoms with E-state index in [4.69, 9.17) is 32.5 Å². The lowest BCUT2D eigenvalue weighted by atomic mass is 10.1. The van der Waals surface area contributed by atoms with E-state index in [-0.39, 0.29) is 30.1 Å². The summed E-state index contributed by atoms with van der Waals surface area (Å²) in [5.74, 6) is 0.472. The molecule has 0 spiro atoms. The number of hydrogen-bond donors (Lipinski definition) is 1. The van der Waals surface area contributed by atoms with Gasteiger partial charge in [-0.3, -0.25) is 4.79 Å². The highest BCUT2D eigenvalue weighted by atomic mass is 35.5. The summed E-state index contributed by atoms with van der Waals surface area (Å²) >= 11 is 12.3. The molecule has 0 saturated carbocycles. The second kappa shape index (κ2) is 10.3. The molecule has 1 unspecified atom stereocenters. The van der Waals surface area contributed by atoms with Gasteiger partial charge in [-0.25, -0.2) is 9.36 Å². The monoisotopic (exact) mass is 516 g/mol. The first-order chi connectivity index (χ1) is 17.0. The Balaban J connectivity index is 1.28. The third kappa shape index (κ3) is 5.30. The molecule has 10 nitrogen and oxygen atoms in total. The molecule has 35 heavy (non-hydrogen) atoms. The van der Waals surface area contributed by atoms with Crippen LogP contribution in [-0.4, -0.2) is 41.4 Å². The smallest absolute Gasteiger partial charge is 0.286 e. The number of aliphatic hydroxyl groups is 1. The van der Waals surface area contributed by atoms with E-state index in [0.29, 0.717) is 34.1 Å². The molecular weight excluding hydrogens is 495 g/mol. The van der Waals surface area contributed by atoms with Crippen LogP contribution in [0.1, 0.15) is 48.9 Å². The van der Waals surface area contributed by atoms with Crippen molar-refractivity contribution in [3.8, 4) is 11.1 Å². The molecule has 12 heteroatoms. The highest BCUT2D eigenvalue weighted by Gasteiger charge is 2.20. The first-order valence-electron chi connectivity index (χ1n) is 11.1. The number of aliphatic hydroxyl groups excluding tert-OH is 1. The number of hydrogen-bond acceptors (Lipinski definition) is 8. The molecule has 0 bridgehead atoms. The Hall–Kier alpha value is -3.05. The Morgan fingerprint density at radius 1 is 1.14 bits per heavy atom. The van der Waals surface area contributed by atoms with Crippen molar-refractivity contribution in [1.29, 1.82) is 0 Å². The maximum absolute atomic E-state index is 12.8. The minimum Gasteiger partial charge on any atom is -0.388 e. The standard InChI is InChI=1S/C23H22Cl2N6O4/c24-16-6-4-14(5-7-16)18(32)9-19-28-20(35-29-19)13-31-23(33)22(25)17(11-27-31)15-10-26-30(12-15)21-3-1-2-8-34-21/h4-7,10-12,18,21,32H,1-3,8-9,13H2/t18-,21?/m0/s1. The first kappa shape index (κ1) is 23.7. The molecule has 182 valence electrons. The second-order valence-electron chi connectivity index (χ2n) is 8.24. The van der Waals surface area contributed by atoms with Crippen LogP contribution in [0.3, 0.4) is 0 Å². The summed E-state index contributed by atoms with van der Waals surface area (Å²) in [6.45, 7) is 0.647. The summed E-state index contributed by atoms with van der Waals surface area (Å²) in [6, 6.07) is 6.85. The van der Waals surface area contributed by atoms with E-state index in [0.717, 1.165) is 23.9 Å². The number of halogens is 2. The van der Waals surface area contributed by atoms with Crippen molar-refractivity contribution in [1.82, 2.24) is 29.7 Å². The van der Waals surface area contributed by atoms with Crippen LogP contribution in [0, 0.1) is 0 Å². The van der Waals surface area contributed by atoms with E-state index >= 15 is 0 Å². The molecule has 1 aromatic carbocycles. The van der Waals surface area contributed by atoms with Crippen LogP contribution in [-0.2, 0) is 17.7 Å². The van der Waals surface area contributed by atoms with Gasteiger partial charge >= 0.3 is 0 Å². The van der Waals surface area contributed by atoms with Gasteiger partial charge in [0.2, 0.25) is 5.89 Å². The Bertz CT molecular complexity index is 1360. The molecule has 1 fully saturated rings. The topological polar surface area (TPSA) is 121 Å². The van der Waals surface area contributed by atoms with Crippen molar-refractivity contribution in [2.24, 2.45) is 0 Å². The fraction of sp³-hybridized carbons (Fsp3) is 0.348. The largest absolute Gasteiger partial charge is 0.388 e. The lowest BCUT2D eigenvalue weighted by molar-refractivity contribution is -0.0394. The Morgan fingerprint density at radius 2 is 1.97 bits per heavy atom. The molecule has 4 aromatic rings. The summed E-state index contributed by atoms with van der Waals surface area (Å²) in [5.41, 5.74) is 1.34. The molecule has 5 rings (SSSR count). The quantitative estimate of drug-likeness (QED) is 0.393. The fourth-order valence-electron chi connectivity index (χ4n) is 3.89. The zero-order chi connectivity index (χ0) is 24.4. The Morgan fingerprint density at radius 3 is 2.74 bits per heavy atom. The van der Waals surface area contributed by atoms with Gasteiger partial charge in [-0.05, 0) is 37.0 Å². The lowest BCUT2D eigenvalue weighted by Gasteiger charge is -2.22. The van der Waals surface area contributed by atoms with Gasteiger partial charge in [0.05, 0.1) is 18.5 Å². The Kier molecular flexibility index (Phi) is 6.96. The zero-order valence-electron chi connectivity index (χ0n) is 18.5. The fourth-order valence-corrected chi connectivity index (χ4v) is 4.27. The van der Waals surface area contributed by atoms with Crippen molar-refractivity contribution in [3.05, 3.63) is 80.5 Å². The van der Waals surface area contributed by atoms with Crippen LogP contribution in [0.25, 0.3) is 11.1 Å². The average molecular weight is 517 g/mol. The van der Waals surface area contributed by atoms with E-state index in [1.807, 2.05) is 0 Å². The van der Waals surface area contributed by atoms with Crippen molar-refractivity contribution < 1.29 is 14.4 Å². The van der Waals surface area contributed by atoms with E-state index in [2.05, 4.69) is 20.3 Å². The van der Waals surface area contributed by atoms with Crippen LogP contribution < -0.4 is 5.56 Å². The molecule has 0 radical (unpaired) electrons. The molecular formula is C23H22Cl2N6O4. The van der Waals surface area contributed by atoms with Gasteiger partial charge in [0.15, 0.2) is 5.82 Å². The summed E-state index contributed by atoms with van der Waals surface area (Å²) in [6.07, 6.45) is 7.16. The molecule has 1 N–H and O–H groups in total. The SMILES string of the molecule is O=c1c(Cl)c(-c2cnn(C3CCCCO3)c2)cnn1Cc1nc(C[C@H](O)c2ccc(Cl)cc2)no1. The predicted molar refractivity (Wildman–Crippen MR) is 127 cm³/mol. The minimum atomic E-state index is -0.827. The van der Waals surface area contributed by atoms with Gasteiger partial charge in [-0.15, -0.1) is 0 Å². The normalized spacial score (nSPS) is 16.9. The second-order valence-corrected chi connectivity index (χ2v) is 9.06. The number of benzene rings is 1. The van der Waals surface area contributed by atoms with Gasteiger partial charge in [-0.2, -0.15) is 15.2 Å². The van der Waals surface area contributed by atoms with Gasteiger partial charge in [0.1, 0.15) is 17.8 Å². The van der Waals surface area contributed by atoms with Gasteiger partial charge in [0.25, 0.3) is 5.56 Å². The van der Waals surface area contributed by atoms with Crippen LogP contribution in [0.15, 0.2) is 52.2 Å². The lowest BCUT2D eigenvalue weighted by Crippen LogP contribution is -2.24. The summed E-state index contributed by atoms with van der Waals surface area (Å²) in [7, 11) is 0. The van der Waals surface area contributed by atoms with Crippen LogP contribution in [0.5, 0.6) is 0 Å². The van der Waals surface area contributed by atoms with Crippen molar-refractivity contribution in [2.45, 2.75) is 44.6 Å². The molecule has 0 aliphatic carbocycles. The van der Waals surface area contributed by atoms with Gasteiger partial charge in [0, 0.05) is 35.4 Å². The molecule has 0 amide bonds. The number of ether oxygens (including phenoxy) is 1. The number of rotatable bonds is 7. The zero-order valence-corrected chi connectivity index (χ0v) is 20.1. The van der Waals surface area contributed by atoms with E-state index < -0.39 is 11.7 Å². The summed E-state index contributed by atoms with van der Waals surface area (Å²) in [4.78, 5) is 17.1. The maximum atomic E-state index is 12.8. The van der Waals surface area contributed by atoms with Crippen molar-refractivity contribution >= 4 is 23.2 Å². The molecule has 1 aliphatic rings. The third-order valence-corrected chi connectivity index (χ3v) is 6.39. The number of aromatic nitrogens is 6. The van der Waals surface area contributed by atoms with E-state index in [1.54, 1.807) is 41.3 Å². The van der Waals surface area contributed by atoms with E-state index in [9.17, 15) is 9.90 Å². The van der Waals surface area contributed by atoms with Crippen molar-refractivity contribution in [2.75, 3.05) is 6.61 Å². The predicted octanol–water partition coefficient (Wildman–Crippen LogP) is 3.82. The van der Waals surface area contributed by atoms with Crippen LogP contribution >= 0.6 is 23.2 Å². The van der Waals surface area contributed by atoms with Crippen LogP contribution in [0.4, 0.5) is 0 Å². The summed E-state index contributed by atoms with van der Waals surface area (Å²) in [5, 5.41) is 23.5. The van der Waals surface area contributed by atoms with Gasteiger partial charge in [-0.1, -0.05) is 40.5 Å². The number of nitrogens with zero attached hydrogens (tertiary/aromatic N) is 6. The third-order valence-electron chi connectivity index (χ3n) is 5.77. The van der Waals surface area contributed by atoms with E-state index in [1.165, 1.54) is 6.20 Å². The van der Waals surface area contributed by atoms with Gasteiger partial charge < -0.3 is 14.4 Å². The molecule has 4 heterocycles.